The summed E-state index contributed by atoms with van der Waals surface area (Å²) in [5, 5.41) is 10.6. The molecule has 0 saturated carbocycles. The molecule has 0 fully saturated rings. The molecule has 3 rings (SSSR count). The first-order valence-corrected chi connectivity index (χ1v) is 10.6. The van der Waals surface area contributed by atoms with Crippen molar-refractivity contribution in [2.24, 2.45) is 0 Å². The first-order valence-electron chi connectivity index (χ1n) is 8.96. The number of nitrogens with zero attached hydrogens (tertiary/aromatic N) is 3. The van der Waals surface area contributed by atoms with Gasteiger partial charge in [0.15, 0.2) is 5.69 Å². The van der Waals surface area contributed by atoms with E-state index < -0.39 is 15.9 Å². The van der Waals surface area contributed by atoms with Gasteiger partial charge in [0.05, 0.1) is 17.1 Å². The molecule has 10 heteroatoms. The molecule has 0 unspecified atom stereocenters. The quantitative estimate of drug-likeness (QED) is 0.536. The van der Waals surface area contributed by atoms with E-state index in [-0.39, 0.29) is 23.8 Å². The van der Waals surface area contributed by atoms with Crippen molar-refractivity contribution in [1.29, 1.82) is 0 Å². The molecule has 0 aliphatic carbocycles. The van der Waals surface area contributed by atoms with Gasteiger partial charge in [0, 0.05) is 12.2 Å². The maximum atomic E-state index is 13.1. The zero-order valence-corrected chi connectivity index (χ0v) is 17.0. The van der Waals surface area contributed by atoms with E-state index in [0.29, 0.717) is 22.6 Å². The molecule has 0 aliphatic heterocycles. The van der Waals surface area contributed by atoms with Crippen LogP contribution in [0.15, 0.2) is 61.2 Å². The van der Waals surface area contributed by atoms with Gasteiger partial charge in [-0.1, -0.05) is 23.4 Å². The van der Waals surface area contributed by atoms with Crippen LogP contribution in [-0.4, -0.2) is 35.9 Å². The Balaban J connectivity index is 1.69. The molecule has 30 heavy (non-hydrogen) atoms. The summed E-state index contributed by atoms with van der Waals surface area (Å²) in [5.74, 6) is -1.02. The van der Waals surface area contributed by atoms with Crippen molar-refractivity contribution in [1.82, 2.24) is 19.7 Å². The third kappa shape index (κ3) is 5.16. The number of rotatable bonds is 8. The molecule has 1 aromatic heterocycles. The van der Waals surface area contributed by atoms with E-state index in [1.807, 2.05) is 0 Å². The third-order valence-electron chi connectivity index (χ3n) is 4.20. The Bertz CT molecular complexity index is 1160. The van der Waals surface area contributed by atoms with Crippen molar-refractivity contribution in [3.05, 3.63) is 84.0 Å². The molecule has 0 saturated heterocycles. The van der Waals surface area contributed by atoms with Crippen molar-refractivity contribution >= 4 is 21.6 Å². The number of benzene rings is 2. The minimum Gasteiger partial charge on any atom is -0.321 e. The monoisotopic (exact) mass is 429 g/mol. The molecular formula is C20H20FN5O3S. The van der Waals surface area contributed by atoms with Gasteiger partial charge >= 0.3 is 0 Å². The van der Waals surface area contributed by atoms with Crippen molar-refractivity contribution in [3.8, 4) is 5.69 Å². The highest BCUT2D eigenvalue weighted by atomic mass is 32.2. The average Bonchev–Trinajstić information content (AvgIpc) is 3.10. The highest BCUT2D eigenvalue weighted by Crippen LogP contribution is 2.16. The van der Waals surface area contributed by atoms with Crippen LogP contribution < -0.4 is 10.0 Å². The SMILES string of the molecule is C=CCNS(=O)(=O)Cc1ccc(NC(=O)c2nnn(-c3ccc(F)cc3)c2C)cc1. The van der Waals surface area contributed by atoms with Gasteiger partial charge in [0.1, 0.15) is 5.82 Å². The maximum absolute atomic E-state index is 13.1. The van der Waals surface area contributed by atoms with Crippen LogP contribution in [0.25, 0.3) is 5.69 Å². The largest absolute Gasteiger partial charge is 0.321 e. The summed E-state index contributed by atoms with van der Waals surface area (Å²) in [5.41, 5.74) is 2.25. The molecule has 2 aromatic carbocycles. The number of amides is 1. The van der Waals surface area contributed by atoms with Gasteiger partial charge in [0.25, 0.3) is 5.91 Å². The number of carbonyl (C=O) groups excluding carboxylic acids is 1. The minimum absolute atomic E-state index is 0.125. The molecule has 0 radical (unpaired) electrons. The second-order valence-electron chi connectivity index (χ2n) is 6.46. The van der Waals surface area contributed by atoms with Gasteiger partial charge in [-0.3, -0.25) is 4.79 Å². The first kappa shape index (κ1) is 21.3. The van der Waals surface area contributed by atoms with Crippen LogP contribution in [0.5, 0.6) is 0 Å². The fraction of sp³-hybridized carbons (Fsp3) is 0.150. The van der Waals surface area contributed by atoms with Gasteiger partial charge in [-0.15, -0.1) is 11.7 Å². The Hall–Kier alpha value is -3.37. The topological polar surface area (TPSA) is 106 Å². The molecule has 0 bridgehead atoms. The summed E-state index contributed by atoms with van der Waals surface area (Å²) < 4.78 is 40.8. The molecule has 1 amide bonds. The van der Waals surface area contributed by atoms with Crippen LogP contribution in [0, 0.1) is 12.7 Å². The Kier molecular flexibility index (Phi) is 6.38. The molecular weight excluding hydrogens is 409 g/mol. The predicted octanol–water partition coefficient (Wildman–Crippen LogP) is 2.57. The fourth-order valence-corrected chi connectivity index (χ4v) is 3.80. The minimum atomic E-state index is -3.46. The smallest absolute Gasteiger partial charge is 0.278 e. The standard InChI is InChI=1S/C20H20FN5O3S/c1-3-12-22-30(28,29)13-15-4-8-17(9-5-15)23-20(27)19-14(2)26(25-24-19)18-10-6-16(21)7-11-18/h3-11,22H,1,12-13H2,2H3,(H,23,27). The van der Waals surface area contributed by atoms with E-state index in [1.54, 1.807) is 31.2 Å². The summed E-state index contributed by atoms with van der Waals surface area (Å²) in [6, 6.07) is 12.1. The molecule has 8 nitrogen and oxygen atoms in total. The van der Waals surface area contributed by atoms with Gasteiger partial charge in [-0.2, -0.15) is 0 Å². The van der Waals surface area contributed by atoms with Crippen LogP contribution in [0.4, 0.5) is 10.1 Å². The zero-order chi connectivity index (χ0) is 21.7. The molecule has 0 spiro atoms. The zero-order valence-electron chi connectivity index (χ0n) is 16.2. The van der Waals surface area contributed by atoms with E-state index in [0.717, 1.165) is 0 Å². The number of anilines is 1. The van der Waals surface area contributed by atoms with Crippen LogP contribution in [0.2, 0.25) is 0 Å². The fourth-order valence-electron chi connectivity index (χ4n) is 2.70. The van der Waals surface area contributed by atoms with E-state index in [2.05, 4.69) is 26.9 Å². The lowest BCUT2D eigenvalue weighted by Gasteiger charge is -2.07. The summed E-state index contributed by atoms with van der Waals surface area (Å²) in [7, 11) is -3.46. The number of sulfonamides is 1. The third-order valence-corrected chi connectivity index (χ3v) is 5.52. The average molecular weight is 429 g/mol. The number of nitrogens with one attached hydrogen (secondary N) is 2. The summed E-state index contributed by atoms with van der Waals surface area (Å²) in [4.78, 5) is 12.6. The second-order valence-corrected chi connectivity index (χ2v) is 8.27. The Morgan fingerprint density at radius 3 is 2.47 bits per heavy atom. The Labute approximate surface area is 173 Å². The summed E-state index contributed by atoms with van der Waals surface area (Å²) in [6.07, 6.45) is 1.46. The highest BCUT2D eigenvalue weighted by molar-refractivity contribution is 7.88. The highest BCUT2D eigenvalue weighted by Gasteiger charge is 2.18. The van der Waals surface area contributed by atoms with E-state index in [4.69, 9.17) is 0 Å². The lowest BCUT2D eigenvalue weighted by Crippen LogP contribution is -2.25. The lowest BCUT2D eigenvalue weighted by atomic mass is 10.2. The number of halogens is 1. The molecule has 0 aliphatic rings. The van der Waals surface area contributed by atoms with Crippen LogP contribution in [0.1, 0.15) is 21.7 Å². The van der Waals surface area contributed by atoms with Crippen molar-refractivity contribution in [2.45, 2.75) is 12.7 Å². The lowest BCUT2D eigenvalue weighted by molar-refractivity contribution is 0.102. The van der Waals surface area contributed by atoms with Crippen LogP contribution in [0.3, 0.4) is 0 Å². The number of carbonyl (C=O) groups is 1. The molecule has 3 aromatic rings. The van der Waals surface area contributed by atoms with E-state index >= 15 is 0 Å². The van der Waals surface area contributed by atoms with E-state index in [9.17, 15) is 17.6 Å². The Morgan fingerprint density at radius 1 is 1.17 bits per heavy atom. The van der Waals surface area contributed by atoms with Gasteiger partial charge < -0.3 is 5.32 Å². The second kappa shape index (κ2) is 8.97. The molecule has 1 heterocycles. The number of aromatic nitrogens is 3. The van der Waals surface area contributed by atoms with Gasteiger partial charge in [-0.05, 0) is 48.9 Å². The van der Waals surface area contributed by atoms with E-state index in [1.165, 1.54) is 35.0 Å². The van der Waals surface area contributed by atoms with Crippen LogP contribution in [-0.2, 0) is 15.8 Å². The van der Waals surface area contributed by atoms with Crippen molar-refractivity contribution in [3.63, 3.8) is 0 Å². The Morgan fingerprint density at radius 2 is 1.83 bits per heavy atom. The first-order chi connectivity index (χ1) is 14.3. The molecule has 2 N–H and O–H groups in total. The summed E-state index contributed by atoms with van der Waals surface area (Å²) in [6.45, 7) is 5.31. The normalized spacial score (nSPS) is 11.3. The van der Waals surface area contributed by atoms with Crippen LogP contribution >= 0.6 is 0 Å². The van der Waals surface area contributed by atoms with Crippen molar-refractivity contribution in [2.75, 3.05) is 11.9 Å². The maximum Gasteiger partial charge on any atom is 0.278 e. The molecule has 0 atom stereocenters. The molecule has 156 valence electrons. The predicted molar refractivity (Wildman–Crippen MR) is 111 cm³/mol. The van der Waals surface area contributed by atoms with Crippen molar-refractivity contribution < 1.29 is 17.6 Å². The van der Waals surface area contributed by atoms with Gasteiger partial charge in [0.2, 0.25) is 10.0 Å². The van der Waals surface area contributed by atoms with Gasteiger partial charge in [-0.25, -0.2) is 22.2 Å². The number of hydrogen-bond acceptors (Lipinski definition) is 5. The number of hydrogen-bond donors (Lipinski definition) is 2. The summed E-state index contributed by atoms with van der Waals surface area (Å²) >= 11 is 0.